The zero-order valence-electron chi connectivity index (χ0n) is 14.3. The van der Waals surface area contributed by atoms with Crippen LogP contribution >= 0.6 is 11.6 Å². The largest absolute Gasteiger partial charge is 0.476 e. The molecule has 144 valence electrons. The fraction of sp³-hybridized carbons (Fsp3) is 0.105. The monoisotopic (exact) mass is 408 g/mol. The van der Waals surface area contributed by atoms with Crippen LogP contribution in [0.3, 0.4) is 0 Å². The predicted octanol–water partition coefficient (Wildman–Crippen LogP) is 4.58. The van der Waals surface area contributed by atoms with Gasteiger partial charge in [0.2, 0.25) is 5.69 Å². The number of alkyl halides is 3. The van der Waals surface area contributed by atoms with E-state index in [1.807, 2.05) is 0 Å². The van der Waals surface area contributed by atoms with Crippen LogP contribution in [0.2, 0.25) is 5.02 Å². The molecule has 0 unspecified atom stereocenters. The Kier molecular flexibility index (Phi) is 4.99. The number of hydrogen-bond acceptors (Lipinski definition) is 3. The maximum Gasteiger partial charge on any atom is 0.416 e. The van der Waals surface area contributed by atoms with Crippen molar-refractivity contribution in [2.24, 2.45) is 0 Å². The summed E-state index contributed by atoms with van der Waals surface area (Å²) in [6.07, 6.45) is -4.62. The zero-order valence-corrected chi connectivity index (χ0v) is 15.0. The number of nitrogens with zero attached hydrogens (tertiary/aromatic N) is 2. The molecule has 0 aliphatic carbocycles. The molecular weight excluding hydrogens is 397 g/mol. The van der Waals surface area contributed by atoms with Gasteiger partial charge in [0.25, 0.3) is 5.56 Å². The molecule has 1 N–H and O–H groups in total. The summed E-state index contributed by atoms with van der Waals surface area (Å²) in [5, 5.41) is 9.62. The number of aromatic nitrogens is 2. The molecule has 3 rings (SSSR count). The van der Waals surface area contributed by atoms with Gasteiger partial charge in [0.05, 0.1) is 16.3 Å². The van der Waals surface area contributed by atoms with Gasteiger partial charge < -0.3 is 5.11 Å². The number of carbonyl (C=O) groups is 1. The highest BCUT2D eigenvalue weighted by Crippen LogP contribution is 2.32. The number of halogens is 4. The van der Waals surface area contributed by atoms with Crippen molar-refractivity contribution in [3.05, 3.63) is 80.9 Å². The Morgan fingerprint density at radius 2 is 1.82 bits per heavy atom. The van der Waals surface area contributed by atoms with Crippen LogP contribution in [0, 0.1) is 6.92 Å². The lowest BCUT2D eigenvalue weighted by Crippen LogP contribution is -2.29. The van der Waals surface area contributed by atoms with E-state index in [-0.39, 0.29) is 22.1 Å². The highest BCUT2D eigenvalue weighted by atomic mass is 35.5. The molecule has 0 atom stereocenters. The van der Waals surface area contributed by atoms with Crippen molar-refractivity contribution in [1.82, 2.24) is 9.55 Å². The van der Waals surface area contributed by atoms with Crippen LogP contribution in [0.25, 0.3) is 16.9 Å². The molecule has 28 heavy (non-hydrogen) atoms. The van der Waals surface area contributed by atoms with Crippen molar-refractivity contribution in [3.8, 4) is 16.9 Å². The van der Waals surface area contributed by atoms with Crippen molar-refractivity contribution < 1.29 is 23.1 Å². The molecule has 0 saturated heterocycles. The molecule has 5 nitrogen and oxygen atoms in total. The van der Waals surface area contributed by atoms with Crippen molar-refractivity contribution in [2.75, 3.05) is 0 Å². The number of aromatic carboxylic acids is 1. The first-order valence-electron chi connectivity index (χ1n) is 7.90. The Hall–Kier alpha value is -3.13. The van der Waals surface area contributed by atoms with Crippen LogP contribution in [-0.2, 0) is 6.18 Å². The van der Waals surface area contributed by atoms with Crippen molar-refractivity contribution >= 4 is 17.6 Å². The van der Waals surface area contributed by atoms with Crippen LogP contribution in [0.15, 0.2) is 53.3 Å². The van der Waals surface area contributed by atoms with Gasteiger partial charge in [-0.1, -0.05) is 35.9 Å². The van der Waals surface area contributed by atoms with Gasteiger partial charge in [-0.05, 0) is 31.2 Å². The molecule has 0 aliphatic heterocycles. The first-order chi connectivity index (χ1) is 13.1. The standard InChI is InChI=1S/C19H12ClF3N2O3/c1-10-15(13-7-2-3-8-14(13)20)24-16(18(27)28)17(26)25(10)12-6-4-5-11(9-12)19(21,22)23/h2-9H,1H3,(H,27,28). The molecule has 0 amide bonds. The van der Waals surface area contributed by atoms with E-state index in [0.717, 1.165) is 22.8 Å². The molecule has 9 heteroatoms. The molecule has 0 spiro atoms. The first kappa shape index (κ1) is 19.6. The highest BCUT2D eigenvalue weighted by Gasteiger charge is 2.31. The fourth-order valence-corrected chi connectivity index (χ4v) is 3.01. The van der Waals surface area contributed by atoms with Crippen LogP contribution in [0.5, 0.6) is 0 Å². The molecule has 0 radical (unpaired) electrons. The third kappa shape index (κ3) is 3.50. The molecule has 0 fully saturated rings. The van der Waals surface area contributed by atoms with Crippen molar-refractivity contribution in [2.45, 2.75) is 13.1 Å². The summed E-state index contributed by atoms with van der Waals surface area (Å²) in [5.41, 5.74) is -2.37. The van der Waals surface area contributed by atoms with Gasteiger partial charge in [0.1, 0.15) is 0 Å². The van der Waals surface area contributed by atoms with Crippen LogP contribution in [-0.4, -0.2) is 20.6 Å². The van der Waals surface area contributed by atoms with Crippen LogP contribution in [0.4, 0.5) is 13.2 Å². The van der Waals surface area contributed by atoms with E-state index in [1.54, 1.807) is 24.3 Å². The summed E-state index contributed by atoms with van der Waals surface area (Å²) in [6, 6.07) is 10.5. The summed E-state index contributed by atoms with van der Waals surface area (Å²) in [4.78, 5) is 28.1. The Labute approximate surface area is 161 Å². The van der Waals surface area contributed by atoms with E-state index in [9.17, 15) is 27.9 Å². The third-order valence-corrected chi connectivity index (χ3v) is 4.40. The SMILES string of the molecule is Cc1c(-c2ccccc2Cl)nc(C(=O)O)c(=O)n1-c1cccc(C(F)(F)F)c1. The average molecular weight is 409 g/mol. The van der Waals surface area contributed by atoms with Gasteiger partial charge in [-0.3, -0.25) is 9.36 Å². The summed E-state index contributed by atoms with van der Waals surface area (Å²) in [7, 11) is 0. The maximum atomic E-state index is 13.1. The fourth-order valence-electron chi connectivity index (χ4n) is 2.78. The van der Waals surface area contributed by atoms with Gasteiger partial charge in [-0.25, -0.2) is 9.78 Å². The van der Waals surface area contributed by atoms with E-state index in [4.69, 9.17) is 11.6 Å². The molecule has 2 aromatic carbocycles. The lowest BCUT2D eigenvalue weighted by atomic mass is 10.1. The lowest BCUT2D eigenvalue weighted by molar-refractivity contribution is -0.137. The zero-order chi connectivity index (χ0) is 20.6. The second kappa shape index (κ2) is 7.12. The van der Waals surface area contributed by atoms with E-state index in [0.29, 0.717) is 5.56 Å². The molecule has 1 aromatic heterocycles. The molecule has 3 aromatic rings. The number of carboxylic acid groups (broad SMARTS) is 1. The van der Waals surface area contributed by atoms with Crippen LogP contribution in [0.1, 0.15) is 21.7 Å². The topological polar surface area (TPSA) is 72.2 Å². The molecule has 0 aliphatic rings. The van der Waals surface area contributed by atoms with Crippen molar-refractivity contribution in [3.63, 3.8) is 0 Å². The van der Waals surface area contributed by atoms with Gasteiger partial charge >= 0.3 is 12.1 Å². The third-order valence-electron chi connectivity index (χ3n) is 4.07. The minimum absolute atomic E-state index is 0.0833. The van der Waals surface area contributed by atoms with E-state index in [1.165, 1.54) is 13.0 Å². The molecule has 0 saturated carbocycles. The lowest BCUT2D eigenvalue weighted by Gasteiger charge is -2.17. The minimum atomic E-state index is -4.62. The van der Waals surface area contributed by atoms with Crippen LogP contribution < -0.4 is 5.56 Å². The van der Waals surface area contributed by atoms with Gasteiger partial charge in [-0.15, -0.1) is 0 Å². The predicted molar refractivity (Wildman–Crippen MR) is 97.0 cm³/mol. The number of hydrogen-bond donors (Lipinski definition) is 1. The Bertz CT molecular complexity index is 1140. The Morgan fingerprint density at radius 3 is 2.43 bits per heavy atom. The average Bonchev–Trinajstić information content (AvgIpc) is 2.62. The first-order valence-corrected chi connectivity index (χ1v) is 8.28. The summed E-state index contributed by atoms with van der Waals surface area (Å²) >= 11 is 6.16. The molecular formula is C19H12ClF3N2O3. The highest BCUT2D eigenvalue weighted by molar-refractivity contribution is 6.33. The van der Waals surface area contributed by atoms with Crippen molar-refractivity contribution in [1.29, 1.82) is 0 Å². The van der Waals surface area contributed by atoms with Gasteiger partial charge in [0, 0.05) is 16.9 Å². The smallest absolute Gasteiger partial charge is 0.416 e. The Morgan fingerprint density at radius 1 is 1.14 bits per heavy atom. The summed E-state index contributed by atoms with van der Waals surface area (Å²) in [5.74, 6) is -1.60. The summed E-state index contributed by atoms with van der Waals surface area (Å²) < 4.78 is 40.1. The quantitative estimate of drug-likeness (QED) is 0.688. The molecule has 0 bridgehead atoms. The maximum absolute atomic E-state index is 13.1. The minimum Gasteiger partial charge on any atom is -0.476 e. The number of carboxylic acids is 1. The Balaban J connectivity index is 2.38. The second-order valence-corrected chi connectivity index (χ2v) is 6.28. The normalized spacial score (nSPS) is 11.5. The second-order valence-electron chi connectivity index (χ2n) is 5.87. The van der Waals surface area contributed by atoms with Gasteiger partial charge in [-0.2, -0.15) is 13.2 Å². The number of rotatable bonds is 3. The molecule has 1 heterocycles. The van der Waals surface area contributed by atoms with E-state index < -0.39 is 29.0 Å². The summed E-state index contributed by atoms with van der Waals surface area (Å²) in [6.45, 7) is 1.46. The van der Waals surface area contributed by atoms with E-state index >= 15 is 0 Å². The van der Waals surface area contributed by atoms with E-state index in [2.05, 4.69) is 4.98 Å². The van der Waals surface area contributed by atoms with Gasteiger partial charge in [0.15, 0.2) is 0 Å². The number of benzene rings is 2.